The fraction of sp³-hybridized carbons (Fsp3) is 0.214. The molecule has 1 aromatic heterocycles. The number of rotatable bonds is 3. The van der Waals surface area contributed by atoms with Gasteiger partial charge in [0.15, 0.2) is 0 Å². The van der Waals surface area contributed by atoms with Gasteiger partial charge in [-0.3, -0.25) is 4.79 Å². The number of nitrogens with one attached hydrogen (secondary N) is 1. The van der Waals surface area contributed by atoms with E-state index >= 15 is 0 Å². The molecule has 0 radical (unpaired) electrons. The van der Waals surface area contributed by atoms with Crippen molar-refractivity contribution < 1.29 is 4.74 Å². The average molecular weight is 229 g/mol. The third-order valence-corrected chi connectivity index (χ3v) is 2.60. The normalized spacial score (nSPS) is 10.2. The van der Waals surface area contributed by atoms with Gasteiger partial charge in [-0.1, -0.05) is 6.07 Å². The lowest BCUT2D eigenvalue weighted by atomic mass is 10.0. The van der Waals surface area contributed by atoms with Crippen molar-refractivity contribution in [1.29, 1.82) is 0 Å². The summed E-state index contributed by atoms with van der Waals surface area (Å²) in [6, 6.07) is 9.31. The van der Waals surface area contributed by atoms with E-state index in [2.05, 4.69) is 4.98 Å². The van der Waals surface area contributed by atoms with Crippen LogP contribution >= 0.6 is 0 Å². The van der Waals surface area contributed by atoms with Gasteiger partial charge in [0.1, 0.15) is 5.75 Å². The largest absolute Gasteiger partial charge is 0.494 e. The van der Waals surface area contributed by atoms with E-state index in [0.29, 0.717) is 6.61 Å². The zero-order valence-electron chi connectivity index (χ0n) is 9.99. The highest BCUT2D eigenvalue weighted by Crippen LogP contribution is 2.25. The van der Waals surface area contributed by atoms with E-state index in [4.69, 9.17) is 4.74 Å². The van der Waals surface area contributed by atoms with Crippen molar-refractivity contribution in [1.82, 2.24) is 4.98 Å². The summed E-state index contributed by atoms with van der Waals surface area (Å²) in [5.41, 5.74) is 3.15. The second-order valence-electron chi connectivity index (χ2n) is 3.85. The molecule has 0 aliphatic heterocycles. The molecule has 0 fully saturated rings. The Morgan fingerprint density at radius 3 is 2.65 bits per heavy atom. The molecule has 0 aliphatic rings. The lowest BCUT2D eigenvalue weighted by Gasteiger charge is -2.08. The van der Waals surface area contributed by atoms with Crippen LogP contribution in [0.4, 0.5) is 0 Å². The Labute approximate surface area is 100 Å². The Morgan fingerprint density at radius 1 is 1.24 bits per heavy atom. The van der Waals surface area contributed by atoms with E-state index in [0.717, 1.165) is 22.4 Å². The highest BCUT2D eigenvalue weighted by atomic mass is 16.5. The molecule has 88 valence electrons. The number of ether oxygens (including phenoxy) is 1. The summed E-state index contributed by atoms with van der Waals surface area (Å²) in [5, 5.41) is 0. The van der Waals surface area contributed by atoms with Gasteiger partial charge < -0.3 is 9.72 Å². The Kier molecular flexibility index (Phi) is 3.28. The molecule has 2 rings (SSSR count). The molecule has 1 aromatic carbocycles. The van der Waals surface area contributed by atoms with Crippen LogP contribution < -0.4 is 10.3 Å². The number of hydrogen-bond acceptors (Lipinski definition) is 2. The van der Waals surface area contributed by atoms with Crippen molar-refractivity contribution in [2.24, 2.45) is 0 Å². The van der Waals surface area contributed by atoms with Crippen LogP contribution in [0.5, 0.6) is 5.75 Å². The topological polar surface area (TPSA) is 42.1 Å². The smallest absolute Gasteiger partial charge is 0.247 e. The maximum Gasteiger partial charge on any atom is 0.247 e. The molecule has 1 N–H and O–H groups in total. The predicted octanol–water partition coefficient (Wildman–Crippen LogP) is 2.75. The van der Waals surface area contributed by atoms with Crippen molar-refractivity contribution in [3.05, 3.63) is 52.4 Å². The maximum absolute atomic E-state index is 11.0. The number of pyridine rings is 1. The molecule has 3 heteroatoms. The van der Waals surface area contributed by atoms with E-state index in [9.17, 15) is 4.79 Å². The van der Waals surface area contributed by atoms with E-state index < -0.39 is 0 Å². The molecule has 1 heterocycles. The standard InChI is InChI=1S/C14H15NO2/c1-3-17-12-5-6-13(10(2)8-12)11-4-7-14(16)15-9-11/h4-9H,3H2,1-2H3,(H,15,16). The van der Waals surface area contributed by atoms with Gasteiger partial charge in [0.2, 0.25) is 5.56 Å². The second kappa shape index (κ2) is 4.87. The van der Waals surface area contributed by atoms with Crippen molar-refractivity contribution in [2.45, 2.75) is 13.8 Å². The highest BCUT2D eigenvalue weighted by Gasteiger charge is 2.03. The molecular formula is C14H15NO2. The van der Waals surface area contributed by atoms with Gasteiger partial charge in [0, 0.05) is 12.3 Å². The third kappa shape index (κ3) is 2.56. The van der Waals surface area contributed by atoms with Crippen molar-refractivity contribution in [2.75, 3.05) is 6.61 Å². The van der Waals surface area contributed by atoms with Gasteiger partial charge >= 0.3 is 0 Å². The van der Waals surface area contributed by atoms with Gasteiger partial charge in [-0.25, -0.2) is 0 Å². The number of benzene rings is 1. The zero-order chi connectivity index (χ0) is 12.3. The minimum Gasteiger partial charge on any atom is -0.494 e. The molecule has 17 heavy (non-hydrogen) atoms. The number of hydrogen-bond donors (Lipinski definition) is 1. The number of aryl methyl sites for hydroxylation is 1. The quantitative estimate of drug-likeness (QED) is 0.879. The van der Waals surface area contributed by atoms with Crippen LogP contribution in [0.1, 0.15) is 12.5 Å². The zero-order valence-corrected chi connectivity index (χ0v) is 9.99. The van der Waals surface area contributed by atoms with Crippen LogP contribution in [0.2, 0.25) is 0 Å². The highest BCUT2D eigenvalue weighted by molar-refractivity contribution is 5.67. The van der Waals surface area contributed by atoms with Gasteiger partial charge in [-0.15, -0.1) is 0 Å². The fourth-order valence-corrected chi connectivity index (χ4v) is 1.79. The minimum atomic E-state index is -0.0858. The van der Waals surface area contributed by atoms with E-state index in [1.54, 1.807) is 6.20 Å². The minimum absolute atomic E-state index is 0.0858. The lowest BCUT2D eigenvalue weighted by Crippen LogP contribution is -2.01. The summed E-state index contributed by atoms with van der Waals surface area (Å²) in [7, 11) is 0. The van der Waals surface area contributed by atoms with E-state index in [1.165, 1.54) is 6.07 Å². The van der Waals surface area contributed by atoms with Crippen LogP contribution in [0, 0.1) is 6.92 Å². The molecule has 2 aromatic rings. The molecule has 3 nitrogen and oxygen atoms in total. The van der Waals surface area contributed by atoms with Crippen LogP contribution in [-0.4, -0.2) is 11.6 Å². The number of H-pyrrole nitrogens is 1. The van der Waals surface area contributed by atoms with Crippen molar-refractivity contribution in [3.8, 4) is 16.9 Å². The SMILES string of the molecule is CCOc1ccc(-c2ccc(=O)[nH]c2)c(C)c1. The van der Waals surface area contributed by atoms with Crippen molar-refractivity contribution in [3.63, 3.8) is 0 Å². The monoisotopic (exact) mass is 229 g/mol. The van der Waals surface area contributed by atoms with Gasteiger partial charge in [0.05, 0.1) is 6.61 Å². The Bertz CT molecular complexity index is 552. The first-order valence-corrected chi connectivity index (χ1v) is 5.63. The van der Waals surface area contributed by atoms with Crippen LogP contribution in [-0.2, 0) is 0 Å². The molecule has 0 saturated heterocycles. The maximum atomic E-state index is 11.0. The Balaban J connectivity index is 2.39. The van der Waals surface area contributed by atoms with Crippen LogP contribution in [0.15, 0.2) is 41.3 Å². The summed E-state index contributed by atoms with van der Waals surface area (Å²) < 4.78 is 5.44. The number of aromatic nitrogens is 1. The lowest BCUT2D eigenvalue weighted by molar-refractivity contribution is 0.340. The molecule has 0 saturated carbocycles. The molecular weight excluding hydrogens is 214 g/mol. The summed E-state index contributed by atoms with van der Waals surface area (Å²) in [6.07, 6.45) is 1.73. The van der Waals surface area contributed by atoms with Gasteiger partial charge in [-0.2, -0.15) is 0 Å². The van der Waals surface area contributed by atoms with Crippen molar-refractivity contribution >= 4 is 0 Å². The second-order valence-corrected chi connectivity index (χ2v) is 3.85. The average Bonchev–Trinajstić information content (AvgIpc) is 2.31. The molecule has 0 atom stereocenters. The molecule has 0 aliphatic carbocycles. The summed E-state index contributed by atoms with van der Waals surface area (Å²) in [4.78, 5) is 13.7. The van der Waals surface area contributed by atoms with Gasteiger partial charge in [0.25, 0.3) is 0 Å². The van der Waals surface area contributed by atoms with Gasteiger partial charge in [-0.05, 0) is 48.7 Å². The van der Waals surface area contributed by atoms with E-state index in [-0.39, 0.29) is 5.56 Å². The third-order valence-electron chi connectivity index (χ3n) is 2.60. The molecule has 0 amide bonds. The number of aromatic amines is 1. The first kappa shape index (κ1) is 11.5. The first-order valence-electron chi connectivity index (χ1n) is 5.63. The predicted molar refractivity (Wildman–Crippen MR) is 68.4 cm³/mol. The first-order chi connectivity index (χ1) is 8.20. The molecule has 0 spiro atoms. The fourth-order valence-electron chi connectivity index (χ4n) is 1.79. The molecule has 0 bridgehead atoms. The van der Waals surface area contributed by atoms with Crippen LogP contribution in [0.25, 0.3) is 11.1 Å². The molecule has 0 unspecified atom stereocenters. The van der Waals surface area contributed by atoms with E-state index in [1.807, 2.05) is 38.1 Å². The summed E-state index contributed by atoms with van der Waals surface area (Å²) in [5.74, 6) is 0.873. The summed E-state index contributed by atoms with van der Waals surface area (Å²) in [6.45, 7) is 4.66. The Hall–Kier alpha value is -2.03. The summed E-state index contributed by atoms with van der Waals surface area (Å²) >= 11 is 0. The Morgan fingerprint density at radius 2 is 2.06 bits per heavy atom. The van der Waals surface area contributed by atoms with Crippen LogP contribution in [0.3, 0.4) is 0 Å².